The van der Waals surface area contributed by atoms with Gasteiger partial charge in [0.2, 0.25) is 11.8 Å². The standard InChI is InChI=1S/C18H12N6O4S2/c25-15(10-30-18-23-22-16(28-18)12-5-7-19-8-6-12)21-17-20-14(9-29-17)11-1-3-13(4-2-11)24(26)27/h1-9H,10H2,(H,20,21,25). The Morgan fingerprint density at radius 2 is 1.90 bits per heavy atom. The first-order valence-corrected chi connectivity index (χ1v) is 10.3. The molecule has 0 aliphatic carbocycles. The molecule has 4 rings (SSSR count). The van der Waals surface area contributed by atoms with Crippen molar-refractivity contribution in [2.45, 2.75) is 5.22 Å². The lowest BCUT2D eigenvalue weighted by atomic mass is 10.1. The number of amides is 1. The van der Waals surface area contributed by atoms with Crippen molar-refractivity contribution in [2.75, 3.05) is 11.1 Å². The van der Waals surface area contributed by atoms with Crippen molar-refractivity contribution in [2.24, 2.45) is 0 Å². The van der Waals surface area contributed by atoms with Crippen molar-refractivity contribution in [3.8, 4) is 22.7 Å². The number of hydrogen-bond donors (Lipinski definition) is 1. The summed E-state index contributed by atoms with van der Waals surface area (Å²) < 4.78 is 5.53. The number of nitro groups is 1. The second-order valence-electron chi connectivity index (χ2n) is 5.79. The molecule has 0 unspecified atom stereocenters. The predicted molar refractivity (Wildman–Crippen MR) is 111 cm³/mol. The molecule has 1 aromatic carbocycles. The van der Waals surface area contributed by atoms with E-state index < -0.39 is 4.92 Å². The highest BCUT2D eigenvalue weighted by molar-refractivity contribution is 7.99. The number of nitrogens with zero attached hydrogens (tertiary/aromatic N) is 5. The molecule has 0 bridgehead atoms. The third kappa shape index (κ3) is 4.67. The van der Waals surface area contributed by atoms with Crippen LogP contribution in [0.4, 0.5) is 10.8 Å². The number of hydrogen-bond acceptors (Lipinski definition) is 10. The molecule has 3 heterocycles. The molecule has 30 heavy (non-hydrogen) atoms. The van der Waals surface area contributed by atoms with Gasteiger partial charge in [0.15, 0.2) is 5.13 Å². The minimum absolute atomic E-state index is 0.00708. The molecule has 0 aliphatic heterocycles. The monoisotopic (exact) mass is 440 g/mol. The Hall–Kier alpha value is -3.64. The number of nitro benzene ring substituents is 1. The first kappa shape index (κ1) is 19.7. The summed E-state index contributed by atoms with van der Waals surface area (Å²) in [6.45, 7) is 0. The third-order valence-corrected chi connectivity index (χ3v) is 5.36. The minimum Gasteiger partial charge on any atom is -0.411 e. The number of non-ortho nitro benzene ring substituents is 1. The van der Waals surface area contributed by atoms with Crippen LogP contribution in [-0.4, -0.2) is 36.7 Å². The van der Waals surface area contributed by atoms with Gasteiger partial charge in [-0.3, -0.25) is 19.9 Å². The number of aromatic nitrogens is 4. The largest absolute Gasteiger partial charge is 0.411 e. The molecule has 150 valence electrons. The highest BCUT2D eigenvalue weighted by Crippen LogP contribution is 2.27. The predicted octanol–water partition coefficient (Wildman–Crippen LogP) is 3.89. The molecule has 3 aromatic heterocycles. The van der Waals surface area contributed by atoms with Crippen molar-refractivity contribution in [3.05, 3.63) is 64.3 Å². The van der Waals surface area contributed by atoms with Crippen LogP contribution in [0.5, 0.6) is 0 Å². The van der Waals surface area contributed by atoms with Gasteiger partial charge in [0.05, 0.1) is 16.4 Å². The number of thioether (sulfide) groups is 1. The third-order valence-electron chi connectivity index (χ3n) is 3.78. The zero-order chi connectivity index (χ0) is 20.9. The summed E-state index contributed by atoms with van der Waals surface area (Å²) in [7, 11) is 0. The van der Waals surface area contributed by atoms with Gasteiger partial charge >= 0.3 is 0 Å². The van der Waals surface area contributed by atoms with Gasteiger partial charge in [-0.05, 0) is 24.3 Å². The molecule has 0 saturated carbocycles. The summed E-state index contributed by atoms with van der Waals surface area (Å²) in [4.78, 5) is 30.7. The first-order chi connectivity index (χ1) is 14.6. The summed E-state index contributed by atoms with van der Waals surface area (Å²) in [5.41, 5.74) is 2.10. The molecule has 12 heteroatoms. The van der Waals surface area contributed by atoms with Gasteiger partial charge in [-0.15, -0.1) is 21.5 Å². The average molecular weight is 440 g/mol. The number of rotatable bonds is 7. The average Bonchev–Trinajstić information content (AvgIpc) is 3.43. The van der Waals surface area contributed by atoms with E-state index in [0.717, 1.165) is 22.9 Å². The van der Waals surface area contributed by atoms with E-state index in [-0.39, 0.29) is 22.6 Å². The molecular weight excluding hydrogens is 428 g/mol. The summed E-state index contributed by atoms with van der Waals surface area (Å²) in [5.74, 6) is 0.158. The van der Waals surface area contributed by atoms with Gasteiger partial charge < -0.3 is 9.73 Å². The summed E-state index contributed by atoms with van der Waals surface area (Å²) in [5, 5.41) is 23.8. The van der Waals surface area contributed by atoms with E-state index in [1.54, 1.807) is 42.0 Å². The lowest BCUT2D eigenvalue weighted by Gasteiger charge is -1.99. The van der Waals surface area contributed by atoms with Crippen LogP contribution in [0.1, 0.15) is 0 Å². The van der Waals surface area contributed by atoms with Crippen LogP contribution in [0.2, 0.25) is 0 Å². The van der Waals surface area contributed by atoms with Crippen LogP contribution < -0.4 is 5.32 Å². The zero-order valence-corrected chi connectivity index (χ0v) is 16.7. The quantitative estimate of drug-likeness (QED) is 0.258. The van der Waals surface area contributed by atoms with E-state index in [4.69, 9.17) is 4.42 Å². The van der Waals surface area contributed by atoms with Crippen molar-refractivity contribution in [1.82, 2.24) is 20.2 Å². The van der Waals surface area contributed by atoms with Gasteiger partial charge in [0, 0.05) is 41.0 Å². The van der Waals surface area contributed by atoms with E-state index in [1.807, 2.05) is 0 Å². The Morgan fingerprint density at radius 3 is 2.63 bits per heavy atom. The van der Waals surface area contributed by atoms with Gasteiger partial charge in [0.25, 0.3) is 10.9 Å². The fraction of sp³-hybridized carbons (Fsp3) is 0.0556. The van der Waals surface area contributed by atoms with Crippen molar-refractivity contribution >= 4 is 39.8 Å². The molecule has 1 N–H and O–H groups in total. The van der Waals surface area contributed by atoms with Crippen LogP contribution in [0.25, 0.3) is 22.7 Å². The zero-order valence-electron chi connectivity index (χ0n) is 15.1. The van der Waals surface area contributed by atoms with Crippen LogP contribution >= 0.6 is 23.1 Å². The molecule has 0 radical (unpaired) electrons. The van der Waals surface area contributed by atoms with E-state index in [0.29, 0.717) is 16.7 Å². The van der Waals surface area contributed by atoms with Gasteiger partial charge in [-0.25, -0.2) is 4.98 Å². The summed E-state index contributed by atoms with van der Waals surface area (Å²) >= 11 is 2.38. The van der Waals surface area contributed by atoms with Gasteiger partial charge in [-0.2, -0.15) is 0 Å². The van der Waals surface area contributed by atoms with Crippen molar-refractivity contribution in [3.63, 3.8) is 0 Å². The van der Waals surface area contributed by atoms with Crippen LogP contribution in [0.15, 0.2) is 63.8 Å². The normalized spacial score (nSPS) is 10.7. The van der Waals surface area contributed by atoms with Crippen LogP contribution in [-0.2, 0) is 4.79 Å². The van der Waals surface area contributed by atoms with E-state index in [9.17, 15) is 14.9 Å². The number of thiazole rings is 1. The second-order valence-corrected chi connectivity index (χ2v) is 7.57. The fourth-order valence-electron chi connectivity index (χ4n) is 2.38. The van der Waals surface area contributed by atoms with E-state index in [1.165, 1.54) is 23.5 Å². The molecule has 10 nitrogen and oxygen atoms in total. The number of carbonyl (C=O) groups excluding carboxylic acids is 1. The van der Waals surface area contributed by atoms with Gasteiger partial charge in [0.1, 0.15) is 0 Å². The maximum atomic E-state index is 12.2. The Kier molecular flexibility index (Phi) is 5.77. The van der Waals surface area contributed by atoms with E-state index >= 15 is 0 Å². The summed E-state index contributed by atoms with van der Waals surface area (Å²) in [6, 6.07) is 9.55. The topological polar surface area (TPSA) is 137 Å². The minimum atomic E-state index is -0.461. The number of pyridine rings is 1. The Bertz CT molecular complexity index is 1180. The first-order valence-electron chi connectivity index (χ1n) is 8.45. The van der Waals surface area contributed by atoms with Crippen LogP contribution in [0, 0.1) is 10.1 Å². The second kappa shape index (κ2) is 8.80. The van der Waals surface area contributed by atoms with E-state index in [2.05, 4.69) is 25.5 Å². The molecule has 0 spiro atoms. The van der Waals surface area contributed by atoms with Crippen molar-refractivity contribution < 1.29 is 14.1 Å². The Morgan fingerprint density at radius 1 is 1.13 bits per heavy atom. The Balaban J connectivity index is 1.33. The molecule has 0 atom stereocenters. The SMILES string of the molecule is O=C(CSc1nnc(-c2ccncc2)o1)Nc1nc(-c2ccc([N+](=O)[O-])cc2)cs1. The van der Waals surface area contributed by atoms with Crippen molar-refractivity contribution in [1.29, 1.82) is 0 Å². The Labute approximate surface area is 177 Å². The smallest absolute Gasteiger partial charge is 0.277 e. The summed E-state index contributed by atoms with van der Waals surface area (Å²) in [6.07, 6.45) is 3.25. The number of anilines is 1. The molecular formula is C18H12N6O4S2. The lowest BCUT2D eigenvalue weighted by Crippen LogP contribution is -2.13. The lowest BCUT2D eigenvalue weighted by molar-refractivity contribution is -0.384. The highest BCUT2D eigenvalue weighted by atomic mass is 32.2. The van der Waals surface area contributed by atoms with Crippen LogP contribution in [0.3, 0.4) is 0 Å². The molecule has 0 aliphatic rings. The molecule has 1 amide bonds. The number of nitrogens with one attached hydrogen (secondary N) is 1. The molecule has 0 fully saturated rings. The van der Waals surface area contributed by atoms with Gasteiger partial charge in [-0.1, -0.05) is 11.8 Å². The maximum Gasteiger partial charge on any atom is 0.277 e. The number of benzene rings is 1. The molecule has 4 aromatic rings. The molecule has 0 saturated heterocycles. The fourth-order valence-corrected chi connectivity index (χ4v) is 3.68. The number of carbonyl (C=O) groups is 1. The highest BCUT2D eigenvalue weighted by Gasteiger charge is 2.13. The maximum absolute atomic E-state index is 12.2.